The number of carboxylic acid groups (broad SMARTS) is 1. The fourth-order valence-corrected chi connectivity index (χ4v) is 1.74. The molecule has 0 aliphatic rings. The Labute approximate surface area is 91.3 Å². The molecule has 0 bridgehead atoms. The van der Waals surface area contributed by atoms with Gasteiger partial charge in [0.05, 0.1) is 11.0 Å². The SMILES string of the molecule is CC(C)n1c(C(=O)O)nc2ccc(F)cc21. The number of aromatic nitrogens is 2. The predicted molar refractivity (Wildman–Crippen MR) is 57.0 cm³/mol. The molecule has 2 rings (SSSR count). The molecule has 1 N–H and O–H groups in total. The second-order valence-corrected chi connectivity index (χ2v) is 3.84. The lowest BCUT2D eigenvalue weighted by molar-refractivity contribution is 0.0677. The lowest BCUT2D eigenvalue weighted by atomic mass is 10.3. The van der Waals surface area contributed by atoms with E-state index in [0.29, 0.717) is 11.0 Å². The molecule has 0 aliphatic carbocycles. The Morgan fingerprint density at radius 1 is 1.50 bits per heavy atom. The van der Waals surface area contributed by atoms with Crippen molar-refractivity contribution < 1.29 is 14.3 Å². The first-order valence-electron chi connectivity index (χ1n) is 4.91. The van der Waals surface area contributed by atoms with E-state index in [-0.39, 0.29) is 11.9 Å². The van der Waals surface area contributed by atoms with Crippen LogP contribution in [0.15, 0.2) is 18.2 Å². The highest BCUT2D eigenvalue weighted by Gasteiger charge is 2.18. The molecule has 0 saturated heterocycles. The van der Waals surface area contributed by atoms with Gasteiger partial charge in [0.25, 0.3) is 0 Å². The summed E-state index contributed by atoms with van der Waals surface area (Å²) in [6, 6.07) is 3.97. The molecule has 0 spiro atoms. The van der Waals surface area contributed by atoms with E-state index in [1.807, 2.05) is 13.8 Å². The number of benzene rings is 1. The van der Waals surface area contributed by atoms with Gasteiger partial charge in [-0.1, -0.05) is 0 Å². The fourth-order valence-electron chi connectivity index (χ4n) is 1.74. The fraction of sp³-hybridized carbons (Fsp3) is 0.273. The van der Waals surface area contributed by atoms with E-state index in [1.54, 1.807) is 0 Å². The number of carbonyl (C=O) groups is 1. The van der Waals surface area contributed by atoms with Crippen molar-refractivity contribution in [2.45, 2.75) is 19.9 Å². The average Bonchev–Trinajstić information content (AvgIpc) is 2.55. The number of carboxylic acids is 1. The lowest BCUT2D eigenvalue weighted by Crippen LogP contribution is -2.11. The molecule has 0 aliphatic heterocycles. The molecule has 0 radical (unpaired) electrons. The highest BCUT2D eigenvalue weighted by molar-refractivity contribution is 5.90. The summed E-state index contributed by atoms with van der Waals surface area (Å²) >= 11 is 0. The van der Waals surface area contributed by atoms with Gasteiger partial charge in [0, 0.05) is 6.04 Å². The Hall–Kier alpha value is -1.91. The average molecular weight is 222 g/mol. The van der Waals surface area contributed by atoms with Gasteiger partial charge in [-0.25, -0.2) is 14.2 Å². The number of rotatable bonds is 2. The summed E-state index contributed by atoms with van der Waals surface area (Å²) in [5.41, 5.74) is 1.000. The minimum Gasteiger partial charge on any atom is -0.475 e. The summed E-state index contributed by atoms with van der Waals surface area (Å²) in [7, 11) is 0. The molecule has 84 valence electrons. The molecule has 0 atom stereocenters. The normalized spacial score (nSPS) is 11.2. The van der Waals surface area contributed by atoms with E-state index in [2.05, 4.69) is 4.98 Å². The Morgan fingerprint density at radius 2 is 2.19 bits per heavy atom. The first-order valence-corrected chi connectivity index (χ1v) is 4.91. The number of hydrogen-bond donors (Lipinski definition) is 1. The van der Waals surface area contributed by atoms with E-state index in [9.17, 15) is 9.18 Å². The van der Waals surface area contributed by atoms with Gasteiger partial charge in [0.15, 0.2) is 0 Å². The van der Waals surface area contributed by atoms with Crippen molar-refractivity contribution in [1.82, 2.24) is 9.55 Å². The predicted octanol–water partition coefficient (Wildman–Crippen LogP) is 2.45. The molecule has 16 heavy (non-hydrogen) atoms. The minimum atomic E-state index is -1.11. The first kappa shape index (κ1) is 10.6. The van der Waals surface area contributed by atoms with Crippen LogP contribution in [0.5, 0.6) is 0 Å². The maximum atomic E-state index is 13.1. The zero-order chi connectivity index (χ0) is 11.9. The van der Waals surface area contributed by atoms with Crippen LogP contribution in [0.25, 0.3) is 11.0 Å². The molecular weight excluding hydrogens is 211 g/mol. The summed E-state index contributed by atoms with van der Waals surface area (Å²) in [5.74, 6) is -1.56. The summed E-state index contributed by atoms with van der Waals surface area (Å²) in [6.07, 6.45) is 0. The molecule has 4 nitrogen and oxygen atoms in total. The van der Waals surface area contributed by atoms with Crippen LogP contribution in [0, 0.1) is 5.82 Å². The monoisotopic (exact) mass is 222 g/mol. The van der Waals surface area contributed by atoms with Crippen molar-refractivity contribution in [2.75, 3.05) is 0 Å². The Bertz CT molecular complexity index is 560. The maximum Gasteiger partial charge on any atom is 0.372 e. The van der Waals surface area contributed by atoms with E-state index >= 15 is 0 Å². The van der Waals surface area contributed by atoms with Crippen LogP contribution in [0.4, 0.5) is 4.39 Å². The number of halogens is 1. The zero-order valence-electron chi connectivity index (χ0n) is 8.94. The molecule has 0 unspecified atom stereocenters. The molecule has 0 saturated carbocycles. The van der Waals surface area contributed by atoms with Crippen molar-refractivity contribution >= 4 is 17.0 Å². The van der Waals surface area contributed by atoms with Gasteiger partial charge in [0.2, 0.25) is 5.82 Å². The third kappa shape index (κ3) is 1.54. The molecule has 1 aromatic heterocycles. The number of nitrogens with zero attached hydrogens (tertiary/aromatic N) is 2. The van der Waals surface area contributed by atoms with E-state index in [0.717, 1.165) is 0 Å². The number of imidazole rings is 1. The van der Waals surface area contributed by atoms with Crippen molar-refractivity contribution in [3.05, 3.63) is 29.8 Å². The minimum absolute atomic E-state index is 0.0596. The molecular formula is C11H11FN2O2. The molecule has 5 heteroatoms. The molecule has 2 aromatic rings. The molecule has 0 fully saturated rings. The van der Waals surface area contributed by atoms with Crippen LogP contribution in [-0.4, -0.2) is 20.6 Å². The second kappa shape index (κ2) is 3.59. The molecule has 1 heterocycles. The quantitative estimate of drug-likeness (QED) is 0.849. The third-order valence-corrected chi connectivity index (χ3v) is 2.36. The van der Waals surface area contributed by atoms with E-state index in [1.165, 1.54) is 22.8 Å². The standard InChI is InChI=1S/C11H11FN2O2/c1-6(2)14-9-5-7(12)3-4-8(9)13-10(14)11(15)16/h3-6H,1-2H3,(H,15,16). The van der Waals surface area contributed by atoms with Crippen molar-refractivity contribution in [2.24, 2.45) is 0 Å². The number of hydrogen-bond acceptors (Lipinski definition) is 2. The second-order valence-electron chi connectivity index (χ2n) is 3.84. The van der Waals surface area contributed by atoms with Crippen LogP contribution < -0.4 is 0 Å². The summed E-state index contributed by atoms with van der Waals surface area (Å²) in [5, 5.41) is 9.01. The Balaban J connectivity index is 2.82. The largest absolute Gasteiger partial charge is 0.475 e. The van der Waals surface area contributed by atoms with Crippen LogP contribution >= 0.6 is 0 Å². The summed E-state index contributed by atoms with van der Waals surface area (Å²) in [6.45, 7) is 3.66. The van der Waals surface area contributed by atoms with Crippen molar-refractivity contribution in [3.63, 3.8) is 0 Å². The first-order chi connectivity index (χ1) is 7.50. The molecule has 0 amide bonds. The van der Waals surface area contributed by atoms with Gasteiger partial charge in [-0.3, -0.25) is 0 Å². The Kier molecular flexibility index (Phi) is 2.38. The van der Waals surface area contributed by atoms with E-state index < -0.39 is 11.8 Å². The van der Waals surface area contributed by atoms with Gasteiger partial charge in [-0.15, -0.1) is 0 Å². The lowest BCUT2D eigenvalue weighted by Gasteiger charge is -2.10. The number of fused-ring (bicyclic) bond motifs is 1. The van der Waals surface area contributed by atoms with Gasteiger partial charge >= 0.3 is 5.97 Å². The van der Waals surface area contributed by atoms with Crippen LogP contribution in [0.2, 0.25) is 0 Å². The molecule has 1 aromatic carbocycles. The van der Waals surface area contributed by atoms with Gasteiger partial charge in [-0.2, -0.15) is 0 Å². The highest BCUT2D eigenvalue weighted by atomic mass is 19.1. The van der Waals surface area contributed by atoms with Crippen molar-refractivity contribution in [3.8, 4) is 0 Å². The maximum absolute atomic E-state index is 13.1. The Morgan fingerprint density at radius 3 is 2.75 bits per heavy atom. The summed E-state index contributed by atoms with van der Waals surface area (Å²) < 4.78 is 14.6. The zero-order valence-corrected chi connectivity index (χ0v) is 8.94. The van der Waals surface area contributed by atoms with Crippen LogP contribution in [0.1, 0.15) is 30.5 Å². The number of aromatic carboxylic acids is 1. The van der Waals surface area contributed by atoms with Crippen LogP contribution in [-0.2, 0) is 0 Å². The summed E-state index contributed by atoms with van der Waals surface area (Å²) in [4.78, 5) is 15.0. The van der Waals surface area contributed by atoms with Crippen LogP contribution in [0.3, 0.4) is 0 Å². The van der Waals surface area contributed by atoms with Gasteiger partial charge < -0.3 is 9.67 Å². The van der Waals surface area contributed by atoms with Gasteiger partial charge in [-0.05, 0) is 32.0 Å². The van der Waals surface area contributed by atoms with Crippen molar-refractivity contribution in [1.29, 1.82) is 0 Å². The van der Waals surface area contributed by atoms with E-state index in [4.69, 9.17) is 5.11 Å². The smallest absolute Gasteiger partial charge is 0.372 e. The van der Waals surface area contributed by atoms with Gasteiger partial charge in [0.1, 0.15) is 5.82 Å². The topological polar surface area (TPSA) is 55.1 Å². The highest BCUT2D eigenvalue weighted by Crippen LogP contribution is 2.21. The third-order valence-electron chi connectivity index (χ3n) is 2.36.